The predicted molar refractivity (Wildman–Crippen MR) is 108 cm³/mol. The third-order valence-corrected chi connectivity index (χ3v) is 4.28. The molecule has 0 unspecified atom stereocenters. The molecule has 3 aromatic rings. The Bertz CT molecular complexity index is 1020. The monoisotopic (exact) mass is 399 g/mol. The molecule has 2 heterocycles. The highest BCUT2D eigenvalue weighted by Gasteiger charge is 2.24. The molecular formula is C20H25N5O4. The van der Waals surface area contributed by atoms with Crippen molar-refractivity contribution >= 4 is 28.3 Å². The fraction of sp³-hybridized carbons (Fsp3) is 0.400. The number of hydrogen-bond acceptors (Lipinski definition) is 6. The zero-order valence-electron chi connectivity index (χ0n) is 16.7. The van der Waals surface area contributed by atoms with Crippen molar-refractivity contribution in [2.75, 3.05) is 25.1 Å². The Labute approximate surface area is 168 Å². The number of hydrogen-bond donors (Lipinski definition) is 3. The number of Topliss-reactive ketones (excluding diaryl/α,β-unsaturated/α-hetero) is 1. The molecule has 1 amide bonds. The average Bonchev–Trinajstić information content (AvgIpc) is 3.30. The van der Waals surface area contributed by atoms with Crippen LogP contribution in [0.25, 0.3) is 10.9 Å². The summed E-state index contributed by atoms with van der Waals surface area (Å²) in [6, 6.07) is 7.17. The maximum atomic E-state index is 12.5. The number of nitrogens with one attached hydrogen (secondary N) is 2. The number of fused-ring (bicyclic) bond motifs is 1. The van der Waals surface area contributed by atoms with Crippen molar-refractivity contribution in [3.8, 4) is 0 Å². The molecule has 0 spiro atoms. The summed E-state index contributed by atoms with van der Waals surface area (Å²) in [5.74, 6) is -0.354. The minimum Gasteiger partial charge on any atom is -0.394 e. The van der Waals surface area contributed by atoms with E-state index in [2.05, 4.69) is 20.6 Å². The summed E-state index contributed by atoms with van der Waals surface area (Å²) in [5, 5.41) is 20.1. The highest BCUT2D eigenvalue weighted by Crippen LogP contribution is 2.25. The number of nitrogens with zero attached hydrogens (tertiary/aromatic N) is 3. The lowest BCUT2D eigenvalue weighted by molar-refractivity contribution is 0.0851. The van der Waals surface area contributed by atoms with E-state index in [1.165, 1.54) is 10.9 Å². The van der Waals surface area contributed by atoms with E-state index < -0.39 is 5.41 Å². The van der Waals surface area contributed by atoms with Gasteiger partial charge >= 0.3 is 0 Å². The number of anilines is 1. The molecule has 0 atom stereocenters. The number of ether oxygens (including phenoxy) is 1. The number of aromatic amines is 1. The first-order valence-corrected chi connectivity index (χ1v) is 9.35. The Hall–Kier alpha value is -3.04. The molecule has 154 valence electrons. The van der Waals surface area contributed by atoms with Crippen LogP contribution in [0.1, 0.15) is 41.7 Å². The van der Waals surface area contributed by atoms with Gasteiger partial charge in [0.1, 0.15) is 0 Å². The van der Waals surface area contributed by atoms with Crippen LogP contribution in [0.15, 0.2) is 30.5 Å². The zero-order valence-corrected chi connectivity index (χ0v) is 16.7. The van der Waals surface area contributed by atoms with Crippen molar-refractivity contribution in [2.45, 2.75) is 27.3 Å². The minimum atomic E-state index is -0.479. The Balaban J connectivity index is 1.67. The molecule has 0 aliphatic carbocycles. The van der Waals surface area contributed by atoms with Gasteiger partial charge in [0.15, 0.2) is 11.5 Å². The van der Waals surface area contributed by atoms with Crippen LogP contribution in [-0.2, 0) is 11.3 Å². The van der Waals surface area contributed by atoms with E-state index >= 15 is 0 Å². The number of aliphatic hydroxyl groups is 1. The van der Waals surface area contributed by atoms with Crippen LogP contribution in [0.5, 0.6) is 0 Å². The van der Waals surface area contributed by atoms with Gasteiger partial charge in [0.25, 0.3) is 5.91 Å². The van der Waals surface area contributed by atoms with Gasteiger partial charge < -0.3 is 20.1 Å². The molecule has 9 nitrogen and oxygen atoms in total. The molecule has 1 aromatic carbocycles. The number of amides is 1. The Morgan fingerprint density at radius 1 is 1.24 bits per heavy atom. The normalized spacial score (nSPS) is 11.7. The minimum absolute atomic E-state index is 0.0267. The standard InChI is InChI=1S/C20H25N5O4/c1-20(2,3)18(27)16-11-13-10-14(4-5-15(13)22-16)21-19(28)17-12-25(24-23-17)6-8-29-9-7-26/h4-5,10-12,22,26H,6-9H2,1-3H3,(H,21,28). The number of rotatable bonds is 8. The first-order chi connectivity index (χ1) is 13.8. The fourth-order valence-electron chi connectivity index (χ4n) is 2.77. The van der Waals surface area contributed by atoms with Crippen molar-refractivity contribution in [2.24, 2.45) is 5.41 Å². The van der Waals surface area contributed by atoms with Gasteiger partial charge in [-0.25, -0.2) is 4.68 Å². The van der Waals surface area contributed by atoms with Gasteiger partial charge in [-0.2, -0.15) is 0 Å². The molecule has 3 rings (SSSR count). The molecule has 0 radical (unpaired) electrons. The topological polar surface area (TPSA) is 122 Å². The van der Waals surface area contributed by atoms with Gasteiger partial charge in [-0.1, -0.05) is 26.0 Å². The molecule has 0 saturated heterocycles. The molecule has 29 heavy (non-hydrogen) atoms. The third-order valence-electron chi connectivity index (χ3n) is 4.28. The molecule has 0 aliphatic rings. The highest BCUT2D eigenvalue weighted by molar-refractivity contribution is 6.05. The van der Waals surface area contributed by atoms with Gasteiger partial charge in [0, 0.05) is 22.0 Å². The van der Waals surface area contributed by atoms with Gasteiger partial charge in [0.05, 0.1) is 38.3 Å². The smallest absolute Gasteiger partial charge is 0.277 e. The van der Waals surface area contributed by atoms with Crippen LogP contribution < -0.4 is 5.32 Å². The first-order valence-electron chi connectivity index (χ1n) is 9.35. The molecular weight excluding hydrogens is 374 g/mol. The van der Waals surface area contributed by atoms with Crippen molar-refractivity contribution in [3.05, 3.63) is 41.9 Å². The number of carbonyl (C=O) groups is 2. The molecule has 0 saturated carbocycles. The van der Waals surface area contributed by atoms with Crippen molar-refractivity contribution in [1.29, 1.82) is 0 Å². The summed E-state index contributed by atoms with van der Waals surface area (Å²) in [6.07, 6.45) is 1.53. The van der Waals surface area contributed by atoms with Crippen LogP contribution in [0.2, 0.25) is 0 Å². The van der Waals surface area contributed by atoms with E-state index in [1.807, 2.05) is 26.8 Å². The van der Waals surface area contributed by atoms with Gasteiger partial charge in [-0.15, -0.1) is 5.10 Å². The van der Waals surface area contributed by atoms with Gasteiger partial charge in [-0.05, 0) is 24.3 Å². The van der Waals surface area contributed by atoms with Gasteiger partial charge in [-0.3, -0.25) is 9.59 Å². The van der Waals surface area contributed by atoms with E-state index in [1.54, 1.807) is 18.2 Å². The second kappa shape index (κ2) is 8.54. The average molecular weight is 399 g/mol. The van der Waals surface area contributed by atoms with Crippen LogP contribution in [0, 0.1) is 5.41 Å². The molecule has 0 bridgehead atoms. The lowest BCUT2D eigenvalue weighted by Crippen LogP contribution is -2.20. The number of carbonyl (C=O) groups excluding carboxylic acids is 2. The van der Waals surface area contributed by atoms with Crippen molar-refractivity contribution < 1.29 is 19.4 Å². The van der Waals surface area contributed by atoms with Crippen LogP contribution in [0.4, 0.5) is 5.69 Å². The van der Waals surface area contributed by atoms with E-state index in [0.29, 0.717) is 24.5 Å². The van der Waals surface area contributed by atoms with E-state index in [9.17, 15) is 9.59 Å². The number of H-pyrrole nitrogens is 1. The second-order valence-electron chi connectivity index (χ2n) is 7.72. The number of ketones is 1. The van der Waals surface area contributed by atoms with E-state index in [-0.39, 0.29) is 30.6 Å². The summed E-state index contributed by atoms with van der Waals surface area (Å²) in [4.78, 5) is 28.0. The Morgan fingerprint density at radius 3 is 2.76 bits per heavy atom. The summed E-state index contributed by atoms with van der Waals surface area (Å²) < 4.78 is 6.67. The zero-order chi connectivity index (χ0) is 21.0. The Kier molecular flexibility index (Phi) is 6.09. The SMILES string of the molecule is CC(C)(C)C(=O)c1cc2cc(NC(=O)c3cn(CCOCCO)nn3)ccc2[nH]1. The van der Waals surface area contributed by atoms with Gasteiger partial charge in [0.2, 0.25) is 0 Å². The highest BCUT2D eigenvalue weighted by atomic mass is 16.5. The molecule has 0 fully saturated rings. The maximum absolute atomic E-state index is 12.5. The molecule has 9 heteroatoms. The molecule has 2 aromatic heterocycles. The largest absolute Gasteiger partial charge is 0.394 e. The summed E-state index contributed by atoms with van der Waals surface area (Å²) in [6.45, 7) is 6.63. The Morgan fingerprint density at radius 2 is 2.03 bits per heavy atom. The third kappa shape index (κ3) is 5.07. The second-order valence-corrected chi connectivity index (χ2v) is 7.72. The number of aromatic nitrogens is 4. The summed E-state index contributed by atoms with van der Waals surface area (Å²) >= 11 is 0. The van der Waals surface area contributed by atoms with E-state index in [0.717, 1.165) is 10.9 Å². The van der Waals surface area contributed by atoms with E-state index in [4.69, 9.17) is 9.84 Å². The maximum Gasteiger partial charge on any atom is 0.277 e. The lowest BCUT2D eigenvalue weighted by Gasteiger charge is -2.14. The predicted octanol–water partition coefficient (Wildman–Crippen LogP) is 2.25. The quantitative estimate of drug-likeness (QED) is 0.394. The molecule has 3 N–H and O–H groups in total. The van der Waals surface area contributed by atoms with Crippen LogP contribution in [-0.4, -0.2) is 56.6 Å². The first kappa shape index (κ1) is 20.7. The summed E-state index contributed by atoms with van der Waals surface area (Å²) in [5.41, 5.74) is 1.67. The van der Waals surface area contributed by atoms with Crippen LogP contribution >= 0.6 is 0 Å². The number of aliphatic hydroxyl groups excluding tert-OH is 1. The summed E-state index contributed by atoms with van der Waals surface area (Å²) in [7, 11) is 0. The van der Waals surface area contributed by atoms with Crippen LogP contribution in [0.3, 0.4) is 0 Å². The number of benzene rings is 1. The van der Waals surface area contributed by atoms with Crippen molar-refractivity contribution in [3.63, 3.8) is 0 Å². The fourth-order valence-corrected chi connectivity index (χ4v) is 2.77. The molecule has 0 aliphatic heterocycles. The van der Waals surface area contributed by atoms with Crippen molar-refractivity contribution in [1.82, 2.24) is 20.0 Å². The lowest BCUT2D eigenvalue weighted by atomic mass is 9.89.